The minimum absolute atomic E-state index is 0.615. The van der Waals surface area contributed by atoms with Crippen molar-refractivity contribution in [1.82, 2.24) is 14.8 Å². The standard InChI is InChI=1S/C14H10N4/c1-10-8-16-18(9-10)14-6-11(7-15)12-4-2-3-5-13(12)17-14/h2-6,8-9H,1H3. The molecule has 0 radical (unpaired) electrons. The molecule has 0 spiro atoms. The number of aromatic nitrogens is 3. The number of para-hydroxylation sites is 1. The zero-order valence-electron chi connectivity index (χ0n) is 9.83. The number of benzene rings is 1. The second-order valence-corrected chi connectivity index (χ2v) is 4.12. The van der Waals surface area contributed by atoms with E-state index in [2.05, 4.69) is 16.2 Å². The third-order valence-corrected chi connectivity index (χ3v) is 2.77. The molecule has 2 heterocycles. The van der Waals surface area contributed by atoms with E-state index >= 15 is 0 Å². The first-order valence-electron chi connectivity index (χ1n) is 5.59. The molecule has 1 aromatic carbocycles. The van der Waals surface area contributed by atoms with Gasteiger partial charge in [-0.3, -0.25) is 0 Å². The highest BCUT2D eigenvalue weighted by Crippen LogP contribution is 2.19. The van der Waals surface area contributed by atoms with Crippen molar-refractivity contribution in [2.75, 3.05) is 0 Å². The second kappa shape index (κ2) is 3.97. The van der Waals surface area contributed by atoms with Gasteiger partial charge in [0.1, 0.15) is 0 Å². The van der Waals surface area contributed by atoms with E-state index in [9.17, 15) is 5.26 Å². The van der Waals surface area contributed by atoms with Gasteiger partial charge >= 0.3 is 0 Å². The van der Waals surface area contributed by atoms with Crippen LogP contribution in [-0.4, -0.2) is 14.8 Å². The van der Waals surface area contributed by atoms with Crippen LogP contribution in [0.5, 0.6) is 0 Å². The molecule has 0 fully saturated rings. The summed E-state index contributed by atoms with van der Waals surface area (Å²) in [4.78, 5) is 4.52. The van der Waals surface area contributed by atoms with Gasteiger partial charge in [-0.05, 0) is 18.6 Å². The van der Waals surface area contributed by atoms with Crippen LogP contribution in [-0.2, 0) is 0 Å². The first-order valence-corrected chi connectivity index (χ1v) is 5.59. The molecule has 0 saturated heterocycles. The third-order valence-electron chi connectivity index (χ3n) is 2.77. The lowest BCUT2D eigenvalue weighted by Gasteiger charge is -2.04. The summed E-state index contributed by atoms with van der Waals surface area (Å²) < 4.78 is 1.68. The predicted octanol–water partition coefficient (Wildman–Crippen LogP) is 2.60. The number of rotatable bonds is 1. The van der Waals surface area contributed by atoms with Gasteiger partial charge in [-0.15, -0.1) is 0 Å². The molecule has 4 nitrogen and oxygen atoms in total. The maximum atomic E-state index is 9.20. The Morgan fingerprint density at radius 2 is 2.11 bits per heavy atom. The number of pyridine rings is 1. The second-order valence-electron chi connectivity index (χ2n) is 4.12. The number of nitrogens with zero attached hydrogens (tertiary/aromatic N) is 4. The fourth-order valence-corrected chi connectivity index (χ4v) is 1.91. The molecule has 0 N–H and O–H groups in total. The monoisotopic (exact) mass is 234 g/mol. The molecule has 18 heavy (non-hydrogen) atoms. The summed E-state index contributed by atoms with van der Waals surface area (Å²) in [6, 6.07) is 11.6. The lowest BCUT2D eigenvalue weighted by Crippen LogP contribution is -1.99. The van der Waals surface area contributed by atoms with Crippen LogP contribution in [0.15, 0.2) is 42.7 Å². The van der Waals surface area contributed by atoms with Crippen molar-refractivity contribution in [1.29, 1.82) is 5.26 Å². The Morgan fingerprint density at radius 1 is 1.28 bits per heavy atom. The number of hydrogen-bond donors (Lipinski definition) is 0. The van der Waals surface area contributed by atoms with Crippen LogP contribution in [0.4, 0.5) is 0 Å². The Bertz CT molecular complexity index is 765. The average Bonchev–Trinajstić information content (AvgIpc) is 2.84. The van der Waals surface area contributed by atoms with Crippen molar-refractivity contribution in [3.05, 3.63) is 53.9 Å². The van der Waals surface area contributed by atoms with Crippen LogP contribution in [0.2, 0.25) is 0 Å². The highest BCUT2D eigenvalue weighted by molar-refractivity contribution is 5.85. The first-order chi connectivity index (χ1) is 8.78. The summed E-state index contributed by atoms with van der Waals surface area (Å²) in [5, 5.41) is 14.3. The van der Waals surface area contributed by atoms with Crippen LogP contribution in [0.25, 0.3) is 16.7 Å². The van der Waals surface area contributed by atoms with Crippen molar-refractivity contribution in [2.24, 2.45) is 0 Å². The topological polar surface area (TPSA) is 54.5 Å². The van der Waals surface area contributed by atoms with Gasteiger partial charge in [0, 0.05) is 17.6 Å². The quantitative estimate of drug-likeness (QED) is 0.650. The predicted molar refractivity (Wildman–Crippen MR) is 68.3 cm³/mol. The summed E-state index contributed by atoms with van der Waals surface area (Å²) in [6.45, 7) is 1.97. The zero-order valence-corrected chi connectivity index (χ0v) is 9.83. The highest BCUT2D eigenvalue weighted by atomic mass is 15.3. The Labute approximate surface area is 104 Å². The van der Waals surface area contributed by atoms with E-state index in [-0.39, 0.29) is 0 Å². The molecule has 0 atom stereocenters. The lowest BCUT2D eigenvalue weighted by molar-refractivity contribution is 0.852. The van der Waals surface area contributed by atoms with Crippen LogP contribution in [0.1, 0.15) is 11.1 Å². The van der Waals surface area contributed by atoms with E-state index in [1.165, 1.54) is 0 Å². The molecule has 0 amide bonds. The Hall–Kier alpha value is -2.67. The fraction of sp³-hybridized carbons (Fsp3) is 0.0714. The SMILES string of the molecule is Cc1cnn(-c2cc(C#N)c3ccccc3n2)c1. The van der Waals surface area contributed by atoms with Crippen LogP contribution < -0.4 is 0 Å². The molecule has 0 aliphatic rings. The van der Waals surface area contributed by atoms with Crippen molar-refractivity contribution >= 4 is 10.9 Å². The summed E-state index contributed by atoms with van der Waals surface area (Å²) in [7, 11) is 0. The van der Waals surface area contributed by atoms with Crippen molar-refractivity contribution < 1.29 is 0 Å². The molecule has 0 bridgehead atoms. The largest absolute Gasteiger partial charge is 0.229 e. The van der Waals surface area contributed by atoms with Gasteiger partial charge in [0.05, 0.1) is 23.3 Å². The average molecular weight is 234 g/mol. The zero-order chi connectivity index (χ0) is 12.5. The molecule has 3 rings (SSSR count). The molecule has 0 saturated carbocycles. The number of fused-ring (bicyclic) bond motifs is 1. The number of nitriles is 1. The van der Waals surface area contributed by atoms with Gasteiger partial charge in [-0.25, -0.2) is 9.67 Å². The van der Waals surface area contributed by atoms with Gasteiger partial charge in [0.15, 0.2) is 5.82 Å². The molecule has 0 aliphatic heterocycles. The van der Waals surface area contributed by atoms with E-state index in [4.69, 9.17) is 0 Å². The van der Waals surface area contributed by atoms with E-state index in [1.807, 2.05) is 37.4 Å². The van der Waals surface area contributed by atoms with Gasteiger partial charge in [-0.1, -0.05) is 18.2 Å². The third kappa shape index (κ3) is 1.62. The normalized spacial score (nSPS) is 10.4. The molecule has 3 aromatic rings. The molecule has 86 valence electrons. The molecule has 4 heteroatoms. The molecular formula is C14H10N4. The highest BCUT2D eigenvalue weighted by Gasteiger charge is 2.07. The van der Waals surface area contributed by atoms with E-state index in [1.54, 1.807) is 16.9 Å². The summed E-state index contributed by atoms with van der Waals surface area (Å²) in [6.07, 6.45) is 3.65. The van der Waals surface area contributed by atoms with Gasteiger partial charge in [-0.2, -0.15) is 10.4 Å². The van der Waals surface area contributed by atoms with Gasteiger partial charge in [0.2, 0.25) is 0 Å². The Morgan fingerprint density at radius 3 is 2.83 bits per heavy atom. The van der Waals surface area contributed by atoms with Crippen LogP contribution in [0.3, 0.4) is 0 Å². The minimum atomic E-state index is 0.615. The van der Waals surface area contributed by atoms with Crippen LogP contribution >= 0.6 is 0 Å². The molecule has 0 aliphatic carbocycles. The summed E-state index contributed by atoms with van der Waals surface area (Å²) in [5.41, 5.74) is 2.48. The smallest absolute Gasteiger partial charge is 0.155 e. The summed E-state index contributed by atoms with van der Waals surface area (Å²) >= 11 is 0. The minimum Gasteiger partial charge on any atom is -0.229 e. The van der Waals surface area contributed by atoms with Crippen LogP contribution in [0, 0.1) is 18.3 Å². The van der Waals surface area contributed by atoms with Crippen molar-refractivity contribution in [3.63, 3.8) is 0 Å². The van der Waals surface area contributed by atoms with E-state index in [0.717, 1.165) is 16.5 Å². The maximum Gasteiger partial charge on any atom is 0.155 e. The number of hydrogen-bond acceptors (Lipinski definition) is 3. The van der Waals surface area contributed by atoms with Crippen molar-refractivity contribution in [2.45, 2.75) is 6.92 Å². The fourth-order valence-electron chi connectivity index (χ4n) is 1.91. The first kappa shape index (κ1) is 10.5. The Kier molecular flexibility index (Phi) is 2.31. The van der Waals surface area contributed by atoms with Gasteiger partial charge < -0.3 is 0 Å². The molecule has 2 aromatic heterocycles. The number of aryl methyl sites for hydroxylation is 1. The molecular weight excluding hydrogens is 224 g/mol. The van der Waals surface area contributed by atoms with Crippen molar-refractivity contribution in [3.8, 4) is 11.9 Å². The maximum absolute atomic E-state index is 9.20. The Balaban J connectivity index is 2.29. The van der Waals surface area contributed by atoms with E-state index < -0.39 is 0 Å². The van der Waals surface area contributed by atoms with E-state index in [0.29, 0.717) is 11.4 Å². The summed E-state index contributed by atoms with van der Waals surface area (Å²) in [5.74, 6) is 0.665. The lowest BCUT2D eigenvalue weighted by atomic mass is 10.1. The van der Waals surface area contributed by atoms with Gasteiger partial charge in [0.25, 0.3) is 0 Å². The molecule has 0 unspecified atom stereocenters.